The molecule has 24 heavy (non-hydrogen) atoms. The number of anilines is 1. The van der Waals surface area contributed by atoms with Gasteiger partial charge in [0.2, 0.25) is 5.95 Å². The standard InChI is InChI=1S/C13H12F2N6O2S/c1-13(2,6-18-21-16)23-12(22)20-11-9(15)19-10(24-11)7-3-8(14)5-17-4-7/h3-5H,6H2,1-2H3,(H,20,22). The van der Waals surface area contributed by atoms with Gasteiger partial charge in [-0.15, -0.1) is 0 Å². The smallest absolute Gasteiger partial charge is 0.412 e. The molecule has 0 aliphatic carbocycles. The zero-order chi connectivity index (χ0) is 17.7. The highest BCUT2D eigenvalue weighted by Crippen LogP contribution is 2.31. The average Bonchev–Trinajstić information content (AvgIpc) is 2.86. The predicted molar refractivity (Wildman–Crippen MR) is 83.5 cm³/mol. The molecule has 0 atom stereocenters. The summed E-state index contributed by atoms with van der Waals surface area (Å²) in [6.45, 7) is 2.99. The Labute approximate surface area is 139 Å². The molecule has 8 nitrogen and oxygen atoms in total. The number of azide groups is 1. The maximum atomic E-state index is 13.8. The number of carbonyl (C=O) groups excluding carboxylic acids is 1. The predicted octanol–water partition coefficient (Wildman–Crippen LogP) is 4.12. The molecule has 0 fully saturated rings. The first-order chi connectivity index (χ1) is 11.3. The first-order valence-electron chi connectivity index (χ1n) is 6.59. The summed E-state index contributed by atoms with van der Waals surface area (Å²) in [5, 5.41) is 5.51. The minimum atomic E-state index is -1.06. The van der Waals surface area contributed by atoms with Gasteiger partial charge in [-0.25, -0.2) is 14.2 Å². The Morgan fingerprint density at radius 1 is 1.50 bits per heavy atom. The van der Waals surface area contributed by atoms with Crippen LogP contribution in [0.25, 0.3) is 21.0 Å². The number of aromatic nitrogens is 2. The number of hydrogen-bond acceptors (Lipinski definition) is 6. The molecule has 0 bridgehead atoms. The minimum absolute atomic E-state index is 0.0810. The van der Waals surface area contributed by atoms with Crippen LogP contribution < -0.4 is 5.32 Å². The Morgan fingerprint density at radius 3 is 2.92 bits per heavy atom. The third kappa shape index (κ3) is 4.61. The molecule has 2 heterocycles. The van der Waals surface area contributed by atoms with Crippen molar-refractivity contribution < 1.29 is 18.3 Å². The summed E-state index contributed by atoms with van der Waals surface area (Å²) in [5.41, 5.74) is 7.50. The van der Waals surface area contributed by atoms with E-state index >= 15 is 0 Å². The molecule has 2 rings (SSSR count). The van der Waals surface area contributed by atoms with E-state index in [2.05, 4.69) is 25.3 Å². The third-order valence-electron chi connectivity index (χ3n) is 2.64. The fourth-order valence-corrected chi connectivity index (χ4v) is 2.45. The molecule has 126 valence electrons. The van der Waals surface area contributed by atoms with Crippen molar-refractivity contribution in [1.29, 1.82) is 0 Å². The highest BCUT2D eigenvalue weighted by molar-refractivity contribution is 7.19. The van der Waals surface area contributed by atoms with Crippen molar-refractivity contribution in [2.75, 3.05) is 11.9 Å². The van der Waals surface area contributed by atoms with Gasteiger partial charge in [0.1, 0.15) is 16.4 Å². The van der Waals surface area contributed by atoms with Crippen LogP contribution in [0.15, 0.2) is 23.6 Å². The van der Waals surface area contributed by atoms with Gasteiger partial charge in [0.15, 0.2) is 5.00 Å². The SMILES string of the molecule is CC(C)(CN=[N+]=[N-])OC(=O)Nc1sc(-c2cncc(F)c2)nc1F. The van der Waals surface area contributed by atoms with E-state index in [1.54, 1.807) is 0 Å². The zero-order valence-corrected chi connectivity index (χ0v) is 13.5. The number of pyridine rings is 1. The Balaban J connectivity index is 2.10. The second-order valence-electron chi connectivity index (χ2n) is 5.19. The van der Waals surface area contributed by atoms with Gasteiger partial charge in [-0.1, -0.05) is 16.5 Å². The van der Waals surface area contributed by atoms with Crippen molar-refractivity contribution in [2.24, 2.45) is 5.11 Å². The van der Waals surface area contributed by atoms with Crippen LogP contribution in [0.4, 0.5) is 18.6 Å². The van der Waals surface area contributed by atoms with E-state index in [1.807, 2.05) is 0 Å². The molecule has 2 aromatic rings. The van der Waals surface area contributed by atoms with Crippen molar-refractivity contribution >= 4 is 22.4 Å². The molecule has 0 aromatic carbocycles. The molecule has 0 saturated carbocycles. The first kappa shape index (κ1) is 17.6. The second-order valence-corrected chi connectivity index (χ2v) is 6.19. The molecular formula is C13H12F2N6O2S. The lowest BCUT2D eigenvalue weighted by atomic mass is 10.1. The average molecular weight is 354 g/mol. The second kappa shape index (κ2) is 7.20. The van der Waals surface area contributed by atoms with E-state index in [4.69, 9.17) is 10.3 Å². The Kier molecular flexibility index (Phi) is 5.27. The van der Waals surface area contributed by atoms with E-state index in [-0.39, 0.29) is 22.1 Å². The number of nitrogens with zero attached hydrogens (tertiary/aromatic N) is 5. The molecular weight excluding hydrogens is 342 g/mol. The molecule has 0 saturated heterocycles. The van der Waals surface area contributed by atoms with Gasteiger partial charge in [-0.2, -0.15) is 4.39 Å². The summed E-state index contributed by atoms with van der Waals surface area (Å²) >= 11 is 0.807. The molecule has 0 radical (unpaired) electrons. The lowest BCUT2D eigenvalue weighted by Gasteiger charge is -2.22. The summed E-state index contributed by atoms with van der Waals surface area (Å²) in [6, 6.07) is 1.15. The van der Waals surface area contributed by atoms with Gasteiger partial charge >= 0.3 is 6.09 Å². The monoisotopic (exact) mass is 354 g/mol. The number of rotatable bonds is 5. The third-order valence-corrected chi connectivity index (χ3v) is 3.63. The van der Waals surface area contributed by atoms with Crippen LogP contribution in [0.3, 0.4) is 0 Å². The van der Waals surface area contributed by atoms with Crippen molar-refractivity contribution in [2.45, 2.75) is 19.4 Å². The number of ether oxygens (including phenoxy) is 1. The molecule has 0 unspecified atom stereocenters. The molecule has 0 spiro atoms. The summed E-state index contributed by atoms with van der Waals surface area (Å²) in [4.78, 5) is 21.7. The number of amides is 1. The van der Waals surface area contributed by atoms with E-state index in [9.17, 15) is 13.6 Å². The number of nitrogens with one attached hydrogen (secondary N) is 1. The van der Waals surface area contributed by atoms with E-state index in [0.29, 0.717) is 0 Å². The molecule has 11 heteroatoms. The van der Waals surface area contributed by atoms with Crippen molar-refractivity contribution in [3.8, 4) is 10.6 Å². The van der Waals surface area contributed by atoms with Gasteiger partial charge in [0, 0.05) is 16.7 Å². The highest BCUT2D eigenvalue weighted by atomic mass is 32.1. The molecule has 2 aromatic heterocycles. The molecule has 0 aliphatic heterocycles. The van der Waals surface area contributed by atoms with Gasteiger partial charge in [0.05, 0.1) is 12.7 Å². The maximum Gasteiger partial charge on any atom is 0.412 e. The molecule has 0 aliphatic rings. The number of halogens is 2. The van der Waals surface area contributed by atoms with Crippen LogP contribution >= 0.6 is 11.3 Å². The van der Waals surface area contributed by atoms with Crippen LogP contribution in [-0.4, -0.2) is 28.2 Å². The fraction of sp³-hybridized carbons (Fsp3) is 0.308. The van der Waals surface area contributed by atoms with E-state index in [1.165, 1.54) is 20.0 Å². The Bertz CT molecular complexity index is 804. The van der Waals surface area contributed by atoms with E-state index in [0.717, 1.165) is 23.6 Å². The van der Waals surface area contributed by atoms with Gasteiger partial charge in [-0.3, -0.25) is 10.3 Å². The van der Waals surface area contributed by atoms with Crippen molar-refractivity contribution in [3.05, 3.63) is 40.7 Å². The Morgan fingerprint density at radius 2 is 2.25 bits per heavy atom. The largest absolute Gasteiger partial charge is 0.443 e. The summed E-state index contributed by atoms with van der Waals surface area (Å²) in [6.07, 6.45) is 1.40. The maximum absolute atomic E-state index is 13.8. The van der Waals surface area contributed by atoms with Crippen LogP contribution in [0.1, 0.15) is 13.8 Å². The van der Waals surface area contributed by atoms with Gasteiger partial charge < -0.3 is 4.74 Å². The summed E-state index contributed by atoms with van der Waals surface area (Å²) in [7, 11) is 0. The molecule has 1 N–H and O–H groups in total. The van der Waals surface area contributed by atoms with Gasteiger partial charge in [0.25, 0.3) is 0 Å². The summed E-state index contributed by atoms with van der Waals surface area (Å²) < 4.78 is 32.1. The Hall–Kier alpha value is -2.78. The topological polar surface area (TPSA) is 113 Å². The normalized spacial score (nSPS) is 10.8. The minimum Gasteiger partial charge on any atom is -0.443 e. The summed E-state index contributed by atoms with van der Waals surface area (Å²) in [5.74, 6) is -1.51. The van der Waals surface area contributed by atoms with Crippen molar-refractivity contribution in [3.63, 3.8) is 0 Å². The van der Waals surface area contributed by atoms with E-state index < -0.39 is 23.5 Å². The zero-order valence-electron chi connectivity index (χ0n) is 12.7. The van der Waals surface area contributed by atoms with Crippen LogP contribution in [0, 0.1) is 11.8 Å². The molecule has 1 amide bonds. The van der Waals surface area contributed by atoms with Crippen LogP contribution in [0.5, 0.6) is 0 Å². The van der Waals surface area contributed by atoms with Crippen LogP contribution in [-0.2, 0) is 4.74 Å². The number of carbonyl (C=O) groups is 1. The lowest BCUT2D eigenvalue weighted by Crippen LogP contribution is -2.33. The quantitative estimate of drug-likeness (QED) is 0.494. The number of hydrogen-bond donors (Lipinski definition) is 1. The number of thiazole rings is 1. The first-order valence-corrected chi connectivity index (χ1v) is 7.40. The van der Waals surface area contributed by atoms with Gasteiger partial charge in [-0.05, 0) is 25.4 Å². The van der Waals surface area contributed by atoms with Crippen LogP contribution in [0.2, 0.25) is 0 Å². The fourth-order valence-electron chi connectivity index (χ4n) is 1.63. The lowest BCUT2D eigenvalue weighted by molar-refractivity contribution is 0.0558. The van der Waals surface area contributed by atoms with Crippen molar-refractivity contribution in [1.82, 2.24) is 9.97 Å². The highest BCUT2D eigenvalue weighted by Gasteiger charge is 2.24.